The summed E-state index contributed by atoms with van der Waals surface area (Å²) in [7, 11) is 4.03. The Morgan fingerprint density at radius 2 is 1.88 bits per heavy atom. The van der Waals surface area contributed by atoms with Crippen LogP contribution in [0.3, 0.4) is 0 Å². The van der Waals surface area contributed by atoms with E-state index in [-0.39, 0.29) is 11.9 Å². The van der Waals surface area contributed by atoms with Crippen LogP contribution in [0.15, 0.2) is 24.3 Å². The third-order valence-corrected chi connectivity index (χ3v) is 2.22. The topological polar surface area (TPSA) is 29.5 Å². The van der Waals surface area contributed by atoms with Crippen LogP contribution in [0.5, 0.6) is 5.75 Å². The SMILES string of the molecule is CC(=O)c1ccc(O[C@H](C)CN(C)C)cc1. The second kappa shape index (κ2) is 5.66. The Bertz CT molecular complexity index is 343. The number of hydrogen-bond donors (Lipinski definition) is 0. The van der Waals surface area contributed by atoms with Gasteiger partial charge in [-0.05, 0) is 52.2 Å². The number of rotatable bonds is 5. The summed E-state index contributed by atoms with van der Waals surface area (Å²) in [6, 6.07) is 7.26. The van der Waals surface area contributed by atoms with Crippen LogP contribution in [0.25, 0.3) is 0 Å². The maximum Gasteiger partial charge on any atom is 0.159 e. The average Bonchev–Trinajstić information content (AvgIpc) is 2.16. The van der Waals surface area contributed by atoms with Crippen molar-refractivity contribution >= 4 is 5.78 Å². The van der Waals surface area contributed by atoms with Crippen molar-refractivity contribution in [1.82, 2.24) is 4.90 Å². The van der Waals surface area contributed by atoms with Crippen molar-refractivity contribution in [2.75, 3.05) is 20.6 Å². The van der Waals surface area contributed by atoms with Gasteiger partial charge < -0.3 is 9.64 Å². The molecule has 0 amide bonds. The van der Waals surface area contributed by atoms with E-state index in [4.69, 9.17) is 4.74 Å². The van der Waals surface area contributed by atoms with Gasteiger partial charge in [-0.25, -0.2) is 0 Å². The second-order valence-corrected chi connectivity index (χ2v) is 4.27. The Morgan fingerprint density at radius 3 is 2.31 bits per heavy atom. The molecule has 0 aliphatic heterocycles. The highest BCUT2D eigenvalue weighted by atomic mass is 16.5. The van der Waals surface area contributed by atoms with Crippen LogP contribution in [0.2, 0.25) is 0 Å². The molecule has 0 aromatic heterocycles. The summed E-state index contributed by atoms with van der Waals surface area (Å²) in [4.78, 5) is 13.2. The Balaban J connectivity index is 2.58. The normalized spacial score (nSPS) is 12.6. The van der Waals surface area contributed by atoms with Crippen LogP contribution in [0.4, 0.5) is 0 Å². The lowest BCUT2D eigenvalue weighted by Gasteiger charge is -2.18. The van der Waals surface area contributed by atoms with Crippen LogP contribution in [0.1, 0.15) is 24.2 Å². The molecule has 0 spiro atoms. The van der Waals surface area contributed by atoms with Gasteiger partial charge in [-0.1, -0.05) is 0 Å². The van der Waals surface area contributed by atoms with Gasteiger partial charge in [0, 0.05) is 12.1 Å². The first-order chi connectivity index (χ1) is 7.49. The predicted molar refractivity (Wildman–Crippen MR) is 65.1 cm³/mol. The van der Waals surface area contributed by atoms with Crippen molar-refractivity contribution in [3.63, 3.8) is 0 Å². The number of hydrogen-bond acceptors (Lipinski definition) is 3. The molecule has 1 rings (SSSR count). The summed E-state index contributed by atoms with van der Waals surface area (Å²) in [5, 5.41) is 0. The van der Waals surface area contributed by atoms with Crippen molar-refractivity contribution in [2.45, 2.75) is 20.0 Å². The number of carbonyl (C=O) groups excluding carboxylic acids is 1. The van der Waals surface area contributed by atoms with E-state index in [2.05, 4.69) is 4.90 Å². The largest absolute Gasteiger partial charge is 0.489 e. The molecular formula is C13H19NO2. The lowest BCUT2D eigenvalue weighted by Crippen LogP contribution is -2.27. The van der Waals surface area contributed by atoms with E-state index in [9.17, 15) is 4.79 Å². The Labute approximate surface area is 97.0 Å². The van der Waals surface area contributed by atoms with Crippen molar-refractivity contribution in [3.05, 3.63) is 29.8 Å². The number of ether oxygens (including phenoxy) is 1. The maximum absolute atomic E-state index is 11.1. The third-order valence-electron chi connectivity index (χ3n) is 2.22. The van der Waals surface area contributed by atoms with Crippen LogP contribution in [-0.2, 0) is 0 Å². The van der Waals surface area contributed by atoms with Gasteiger partial charge in [0.05, 0.1) is 0 Å². The van der Waals surface area contributed by atoms with Crippen LogP contribution in [-0.4, -0.2) is 37.4 Å². The molecule has 0 bridgehead atoms. The smallest absolute Gasteiger partial charge is 0.159 e. The minimum Gasteiger partial charge on any atom is -0.489 e. The number of carbonyl (C=O) groups is 1. The molecule has 0 radical (unpaired) electrons. The fourth-order valence-electron chi connectivity index (χ4n) is 1.55. The molecule has 0 aliphatic rings. The van der Waals surface area contributed by atoms with E-state index >= 15 is 0 Å². The Hall–Kier alpha value is -1.35. The van der Waals surface area contributed by atoms with Crippen molar-refractivity contribution in [1.29, 1.82) is 0 Å². The molecule has 1 aromatic carbocycles. The fourth-order valence-corrected chi connectivity index (χ4v) is 1.55. The first-order valence-corrected chi connectivity index (χ1v) is 5.41. The minimum absolute atomic E-state index is 0.0767. The van der Waals surface area contributed by atoms with Gasteiger partial charge in [-0.2, -0.15) is 0 Å². The summed E-state index contributed by atoms with van der Waals surface area (Å²) in [6.07, 6.45) is 0.137. The van der Waals surface area contributed by atoms with E-state index in [1.165, 1.54) is 0 Å². The molecule has 1 aromatic rings. The first kappa shape index (κ1) is 12.7. The fraction of sp³-hybridized carbons (Fsp3) is 0.462. The van der Waals surface area contributed by atoms with E-state index in [0.717, 1.165) is 12.3 Å². The van der Waals surface area contributed by atoms with E-state index in [1.807, 2.05) is 33.2 Å². The molecule has 0 fully saturated rings. The molecule has 3 heteroatoms. The highest BCUT2D eigenvalue weighted by molar-refractivity contribution is 5.94. The maximum atomic E-state index is 11.1. The molecular weight excluding hydrogens is 202 g/mol. The highest BCUT2D eigenvalue weighted by Crippen LogP contribution is 2.14. The van der Waals surface area contributed by atoms with Gasteiger partial charge in [0.25, 0.3) is 0 Å². The Morgan fingerprint density at radius 1 is 1.31 bits per heavy atom. The van der Waals surface area contributed by atoms with Gasteiger partial charge >= 0.3 is 0 Å². The zero-order chi connectivity index (χ0) is 12.1. The van der Waals surface area contributed by atoms with Crippen LogP contribution in [0, 0.1) is 0 Å². The molecule has 3 nitrogen and oxygen atoms in total. The zero-order valence-corrected chi connectivity index (χ0v) is 10.4. The predicted octanol–water partition coefficient (Wildman–Crippen LogP) is 2.22. The van der Waals surface area contributed by atoms with Crippen LogP contribution >= 0.6 is 0 Å². The summed E-state index contributed by atoms with van der Waals surface area (Å²) < 4.78 is 5.71. The Kier molecular flexibility index (Phi) is 4.50. The number of ketones is 1. The summed E-state index contributed by atoms with van der Waals surface area (Å²) in [6.45, 7) is 4.46. The standard InChI is InChI=1S/C13H19NO2/c1-10(9-14(3)4)16-13-7-5-12(6-8-13)11(2)15/h5-8,10H,9H2,1-4H3/t10-/m1/s1. The monoisotopic (exact) mass is 221 g/mol. The summed E-state index contributed by atoms with van der Waals surface area (Å²) in [5.41, 5.74) is 0.715. The molecule has 16 heavy (non-hydrogen) atoms. The number of nitrogens with zero attached hydrogens (tertiary/aromatic N) is 1. The van der Waals surface area contributed by atoms with Gasteiger partial charge in [-0.3, -0.25) is 4.79 Å². The summed E-state index contributed by atoms with van der Waals surface area (Å²) in [5.74, 6) is 0.882. The zero-order valence-electron chi connectivity index (χ0n) is 10.4. The van der Waals surface area contributed by atoms with Crippen molar-refractivity contribution in [3.8, 4) is 5.75 Å². The number of Topliss-reactive ketones (excluding diaryl/α,β-unsaturated/α-hetero) is 1. The average molecular weight is 221 g/mol. The van der Waals surface area contributed by atoms with E-state index in [1.54, 1.807) is 19.1 Å². The highest BCUT2D eigenvalue weighted by Gasteiger charge is 2.05. The number of likely N-dealkylation sites (N-methyl/N-ethyl adjacent to an activating group) is 1. The molecule has 1 atom stereocenters. The molecule has 0 saturated heterocycles. The van der Waals surface area contributed by atoms with E-state index < -0.39 is 0 Å². The molecule has 0 aliphatic carbocycles. The second-order valence-electron chi connectivity index (χ2n) is 4.27. The minimum atomic E-state index is 0.0767. The third kappa shape index (κ3) is 4.03. The molecule has 0 N–H and O–H groups in total. The van der Waals surface area contributed by atoms with E-state index in [0.29, 0.717) is 5.56 Å². The van der Waals surface area contributed by atoms with Gasteiger partial charge in [-0.15, -0.1) is 0 Å². The van der Waals surface area contributed by atoms with Gasteiger partial charge in [0.2, 0.25) is 0 Å². The van der Waals surface area contributed by atoms with Crippen molar-refractivity contribution < 1.29 is 9.53 Å². The molecule has 0 unspecified atom stereocenters. The van der Waals surface area contributed by atoms with Crippen LogP contribution < -0.4 is 4.74 Å². The first-order valence-electron chi connectivity index (χ1n) is 5.41. The summed E-state index contributed by atoms with van der Waals surface area (Å²) >= 11 is 0. The lowest BCUT2D eigenvalue weighted by atomic mass is 10.1. The molecule has 0 saturated carbocycles. The lowest BCUT2D eigenvalue weighted by molar-refractivity contribution is 0.101. The quantitative estimate of drug-likeness (QED) is 0.714. The molecule has 0 heterocycles. The number of benzene rings is 1. The molecule has 88 valence electrons. The van der Waals surface area contributed by atoms with Crippen molar-refractivity contribution in [2.24, 2.45) is 0 Å². The van der Waals surface area contributed by atoms with Gasteiger partial charge in [0.1, 0.15) is 11.9 Å². The van der Waals surface area contributed by atoms with Gasteiger partial charge in [0.15, 0.2) is 5.78 Å².